The molecule has 0 bridgehead atoms. The summed E-state index contributed by atoms with van der Waals surface area (Å²) >= 11 is 5.72. The molecule has 3 nitrogen and oxygen atoms in total. The van der Waals surface area contributed by atoms with E-state index >= 15 is 0 Å². The number of aliphatic hydroxyl groups excluding tert-OH is 1. The molecular weight excluding hydrogens is 274 g/mol. The first-order valence-electron chi connectivity index (χ1n) is 7.00. The van der Waals surface area contributed by atoms with Crippen LogP contribution in [0.15, 0.2) is 18.2 Å². The normalized spacial score (nSPS) is 16.4. The van der Waals surface area contributed by atoms with Crippen molar-refractivity contribution in [2.45, 2.75) is 38.8 Å². The summed E-state index contributed by atoms with van der Waals surface area (Å²) < 4.78 is 1.96. The summed E-state index contributed by atoms with van der Waals surface area (Å²) in [6, 6.07) is 6.22. The number of carbonyl (C=O) groups is 1. The quantitative estimate of drug-likeness (QED) is 0.883. The first-order valence-corrected chi connectivity index (χ1v) is 7.54. The van der Waals surface area contributed by atoms with Crippen molar-refractivity contribution in [3.05, 3.63) is 35.0 Å². The molecule has 1 aliphatic carbocycles. The molecule has 1 heterocycles. The lowest BCUT2D eigenvalue weighted by Crippen LogP contribution is -2.22. The molecule has 1 N–H and O–H groups in total. The van der Waals surface area contributed by atoms with Crippen LogP contribution in [0.4, 0.5) is 0 Å². The average Bonchev–Trinajstić information content (AvgIpc) is 2.74. The van der Waals surface area contributed by atoms with Crippen molar-refractivity contribution in [3.8, 4) is 0 Å². The van der Waals surface area contributed by atoms with Gasteiger partial charge in [0.2, 0.25) is 0 Å². The molecular formula is C16H18ClNO2. The molecule has 4 heteroatoms. The van der Waals surface area contributed by atoms with Gasteiger partial charge in [-0.2, -0.15) is 0 Å². The number of ketones is 1. The van der Waals surface area contributed by atoms with Crippen LogP contribution in [-0.2, 0) is 13.0 Å². The van der Waals surface area contributed by atoms with Crippen LogP contribution in [0, 0.1) is 6.92 Å². The summed E-state index contributed by atoms with van der Waals surface area (Å²) in [7, 11) is 0. The molecule has 0 saturated carbocycles. The van der Waals surface area contributed by atoms with E-state index in [1.165, 1.54) is 5.56 Å². The second-order valence-electron chi connectivity index (χ2n) is 5.54. The minimum atomic E-state index is -0.632. The van der Waals surface area contributed by atoms with Crippen molar-refractivity contribution in [1.29, 1.82) is 0 Å². The fraction of sp³-hybridized carbons (Fsp3) is 0.438. The third-order valence-corrected chi connectivity index (χ3v) is 4.35. The molecule has 1 atom stereocenters. The lowest BCUT2D eigenvalue weighted by atomic mass is 9.94. The monoisotopic (exact) mass is 291 g/mol. The van der Waals surface area contributed by atoms with Gasteiger partial charge in [-0.25, -0.2) is 0 Å². The number of halogens is 1. The van der Waals surface area contributed by atoms with Crippen LogP contribution in [0.5, 0.6) is 0 Å². The Balaban J connectivity index is 2.25. The number of aryl methyl sites for hydroxylation is 2. The lowest BCUT2D eigenvalue weighted by molar-refractivity contribution is 0.0959. The zero-order chi connectivity index (χ0) is 14.3. The molecule has 0 unspecified atom stereocenters. The Morgan fingerprint density at radius 3 is 2.95 bits per heavy atom. The summed E-state index contributed by atoms with van der Waals surface area (Å²) in [5.74, 6) is 0.357. The number of nitrogens with zero attached hydrogens (tertiary/aromatic N) is 1. The second-order valence-corrected chi connectivity index (χ2v) is 5.85. The number of alkyl halides is 1. The van der Waals surface area contributed by atoms with Crippen molar-refractivity contribution in [1.82, 2.24) is 4.57 Å². The molecule has 2 aromatic rings. The number of rotatable bonds is 3. The number of hydrogen-bond donors (Lipinski definition) is 1. The van der Waals surface area contributed by atoms with Gasteiger partial charge in [-0.05, 0) is 37.5 Å². The summed E-state index contributed by atoms with van der Waals surface area (Å²) in [5.41, 5.74) is 4.14. The van der Waals surface area contributed by atoms with Crippen LogP contribution in [-0.4, -0.2) is 27.4 Å². The van der Waals surface area contributed by atoms with E-state index in [1.54, 1.807) is 0 Å². The summed E-state index contributed by atoms with van der Waals surface area (Å²) in [6.45, 7) is 2.44. The van der Waals surface area contributed by atoms with Gasteiger partial charge in [-0.15, -0.1) is 11.6 Å². The number of Topliss-reactive ketones (excluding diaryl/α,β-unsaturated/α-hetero) is 1. The fourth-order valence-corrected chi connectivity index (χ4v) is 3.20. The number of benzene rings is 1. The highest BCUT2D eigenvalue weighted by atomic mass is 35.5. The Labute approximate surface area is 123 Å². The Bertz CT molecular complexity index is 675. The Morgan fingerprint density at radius 1 is 1.40 bits per heavy atom. The van der Waals surface area contributed by atoms with Gasteiger partial charge in [0.25, 0.3) is 0 Å². The van der Waals surface area contributed by atoms with Gasteiger partial charge in [0.1, 0.15) is 0 Å². The highest BCUT2D eigenvalue weighted by Crippen LogP contribution is 2.33. The molecule has 3 rings (SSSR count). The lowest BCUT2D eigenvalue weighted by Gasteiger charge is -2.16. The predicted molar refractivity (Wildman–Crippen MR) is 80.7 cm³/mol. The number of fused-ring (bicyclic) bond motifs is 3. The highest BCUT2D eigenvalue weighted by Gasteiger charge is 2.26. The second kappa shape index (κ2) is 5.23. The number of aliphatic hydroxyl groups is 1. The smallest absolute Gasteiger partial charge is 0.179 e. The topological polar surface area (TPSA) is 42.2 Å². The van der Waals surface area contributed by atoms with Crippen molar-refractivity contribution < 1.29 is 9.90 Å². The first-order chi connectivity index (χ1) is 9.61. The predicted octanol–water partition coefficient (Wildman–Crippen LogP) is 3.07. The van der Waals surface area contributed by atoms with E-state index in [0.717, 1.165) is 35.0 Å². The summed E-state index contributed by atoms with van der Waals surface area (Å²) in [5, 5.41) is 11.0. The van der Waals surface area contributed by atoms with E-state index < -0.39 is 6.10 Å². The van der Waals surface area contributed by atoms with Crippen LogP contribution in [0.3, 0.4) is 0 Å². The molecule has 0 radical (unpaired) electrons. The van der Waals surface area contributed by atoms with Gasteiger partial charge in [-0.1, -0.05) is 11.6 Å². The minimum Gasteiger partial charge on any atom is -0.390 e. The summed E-state index contributed by atoms with van der Waals surface area (Å²) in [6.07, 6.45) is 1.81. The van der Waals surface area contributed by atoms with Gasteiger partial charge < -0.3 is 9.67 Å². The zero-order valence-corrected chi connectivity index (χ0v) is 12.3. The average molecular weight is 292 g/mol. The van der Waals surface area contributed by atoms with Crippen LogP contribution >= 0.6 is 11.6 Å². The van der Waals surface area contributed by atoms with Crippen molar-refractivity contribution >= 4 is 28.3 Å². The zero-order valence-electron chi connectivity index (χ0n) is 11.5. The maximum atomic E-state index is 12.3. The van der Waals surface area contributed by atoms with E-state index in [9.17, 15) is 9.90 Å². The SMILES string of the molecule is Cc1ccc2c(c1)c1c(n2C[C@H](O)CCl)C(=O)CCC1. The fourth-order valence-electron chi connectivity index (χ4n) is 3.10. The van der Waals surface area contributed by atoms with Crippen LogP contribution in [0.2, 0.25) is 0 Å². The number of aromatic nitrogens is 1. The van der Waals surface area contributed by atoms with E-state index in [-0.39, 0.29) is 11.7 Å². The van der Waals surface area contributed by atoms with Crippen molar-refractivity contribution in [2.24, 2.45) is 0 Å². The largest absolute Gasteiger partial charge is 0.390 e. The third-order valence-electron chi connectivity index (χ3n) is 3.99. The molecule has 20 heavy (non-hydrogen) atoms. The Morgan fingerprint density at radius 2 is 2.20 bits per heavy atom. The molecule has 0 aliphatic heterocycles. The Hall–Kier alpha value is -1.32. The minimum absolute atomic E-state index is 0.175. The van der Waals surface area contributed by atoms with E-state index in [0.29, 0.717) is 13.0 Å². The highest BCUT2D eigenvalue weighted by molar-refractivity contribution is 6.18. The first kappa shape index (κ1) is 13.7. The molecule has 1 aliphatic rings. The number of carbonyl (C=O) groups excluding carboxylic acids is 1. The van der Waals surface area contributed by atoms with Gasteiger partial charge in [0, 0.05) is 17.3 Å². The maximum Gasteiger partial charge on any atom is 0.179 e. The molecule has 0 amide bonds. The molecule has 1 aromatic heterocycles. The molecule has 0 fully saturated rings. The molecule has 106 valence electrons. The van der Waals surface area contributed by atoms with Gasteiger partial charge in [0.05, 0.1) is 24.2 Å². The van der Waals surface area contributed by atoms with Crippen LogP contribution < -0.4 is 0 Å². The van der Waals surface area contributed by atoms with Crippen molar-refractivity contribution in [2.75, 3.05) is 5.88 Å². The van der Waals surface area contributed by atoms with Crippen LogP contribution in [0.25, 0.3) is 10.9 Å². The van der Waals surface area contributed by atoms with Crippen molar-refractivity contribution in [3.63, 3.8) is 0 Å². The van der Waals surface area contributed by atoms with E-state index in [1.807, 2.05) is 16.7 Å². The van der Waals surface area contributed by atoms with Gasteiger partial charge in [0.15, 0.2) is 5.78 Å². The summed E-state index contributed by atoms with van der Waals surface area (Å²) in [4.78, 5) is 12.3. The van der Waals surface area contributed by atoms with Gasteiger partial charge in [-0.3, -0.25) is 4.79 Å². The van der Waals surface area contributed by atoms with Gasteiger partial charge >= 0.3 is 0 Å². The van der Waals surface area contributed by atoms with E-state index in [2.05, 4.69) is 13.0 Å². The molecule has 0 spiro atoms. The molecule has 0 saturated heterocycles. The molecule has 1 aromatic carbocycles. The number of hydrogen-bond acceptors (Lipinski definition) is 2. The standard InChI is InChI=1S/C16H18ClNO2/c1-10-5-6-14-13(7-10)12-3-2-4-15(20)16(12)18(14)9-11(19)8-17/h5-7,11,19H,2-4,8-9H2,1H3/t11-/m1/s1. The third kappa shape index (κ3) is 2.15. The maximum absolute atomic E-state index is 12.3. The Kier molecular flexibility index (Phi) is 3.57. The van der Waals surface area contributed by atoms with E-state index in [4.69, 9.17) is 11.6 Å². The van der Waals surface area contributed by atoms with Crippen LogP contribution in [0.1, 0.15) is 34.5 Å².